The van der Waals surface area contributed by atoms with E-state index in [1.807, 2.05) is 4.90 Å². The predicted molar refractivity (Wildman–Crippen MR) is 81.3 cm³/mol. The number of carbonyl (C=O) groups is 3. The number of carboxylic acids is 1. The van der Waals surface area contributed by atoms with Crippen LogP contribution < -0.4 is 0 Å². The van der Waals surface area contributed by atoms with E-state index in [-0.39, 0.29) is 12.3 Å². The van der Waals surface area contributed by atoms with E-state index in [0.717, 1.165) is 45.2 Å². The summed E-state index contributed by atoms with van der Waals surface area (Å²) in [5.74, 6) is -1.04. The van der Waals surface area contributed by atoms with Gasteiger partial charge in [0.15, 0.2) is 0 Å². The minimum atomic E-state index is -0.881. The summed E-state index contributed by atoms with van der Waals surface area (Å²) in [6.07, 6.45) is 8.62. The van der Waals surface area contributed by atoms with Crippen molar-refractivity contribution in [1.82, 2.24) is 4.90 Å². The fourth-order valence-corrected chi connectivity index (χ4v) is 2.31. The Hall–Kier alpha value is -1.85. The van der Waals surface area contributed by atoms with E-state index in [9.17, 15) is 14.4 Å². The van der Waals surface area contributed by atoms with Gasteiger partial charge in [-0.1, -0.05) is 12.5 Å². The van der Waals surface area contributed by atoms with Crippen LogP contribution in [-0.4, -0.2) is 47.5 Å². The number of likely N-dealkylation sites (tertiary alicyclic amines) is 1. The highest BCUT2D eigenvalue weighted by Crippen LogP contribution is 2.11. The highest BCUT2D eigenvalue weighted by atomic mass is 16.5. The molecule has 0 bridgehead atoms. The maximum Gasteiger partial charge on any atom is 0.330 e. The van der Waals surface area contributed by atoms with Gasteiger partial charge in [0.2, 0.25) is 5.91 Å². The third-order valence-electron chi connectivity index (χ3n) is 3.52. The second-order valence-corrected chi connectivity index (χ2v) is 5.40. The quantitative estimate of drug-likeness (QED) is 0.359. The number of nitrogens with zero attached hydrogens (tertiary/aromatic N) is 1. The lowest BCUT2D eigenvalue weighted by Crippen LogP contribution is -2.25. The first-order valence-corrected chi connectivity index (χ1v) is 7.92. The number of esters is 1. The van der Waals surface area contributed by atoms with Crippen LogP contribution in [-0.2, 0) is 19.1 Å². The standard InChI is InChI=1S/C16H25NO5/c18-14-8-7-12-17(14)11-5-1-2-6-13-22-16(21)10-4-3-9-15(19)20/h4,10H,1-3,5-9,11-13H2,(H,19,20)/b10-4-. The first kappa shape index (κ1) is 18.2. The molecule has 6 nitrogen and oxygen atoms in total. The Balaban J connectivity index is 1.91. The van der Waals surface area contributed by atoms with Crippen molar-refractivity contribution < 1.29 is 24.2 Å². The summed E-state index contributed by atoms with van der Waals surface area (Å²) in [5, 5.41) is 8.44. The third-order valence-corrected chi connectivity index (χ3v) is 3.52. The van der Waals surface area contributed by atoms with Gasteiger partial charge in [-0.15, -0.1) is 0 Å². The Morgan fingerprint density at radius 2 is 2.00 bits per heavy atom. The van der Waals surface area contributed by atoms with Gasteiger partial charge in [0.1, 0.15) is 0 Å². The molecule has 0 aromatic heterocycles. The zero-order valence-corrected chi connectivity index (χ0v) is 13.0. The Morgan fingerprint density at radius 3 is 2.68 bits per heavy atom. The molecule has 1 rings (SSSR count). The first-order chi connectivity index (χ1) is 10.6. The van der Waals surface area contributed by atoms with Crippen LogP contribution in [0.2, 0.25) is 0 Å². The number of unbranched alkanes of at least 4 members (excludes halogenated alkanes) is 3. The van der Waals surface area contributed by atoms with E-state index in [1.54, 1.807) is 0 Å². The lowest BCUT2D eigenvalue weighted by Gasteiger charge is -2.14. The second kappa shape index (κ2) is 10.8. The summed E-state index contributed by atoms with van der Waals surface area (Å²) in [4.78, 5) is 34.9. The SMILES string of the molecule is O=C(O)CC/C=C\C(=O)OCCCCCCN1CCCC1=O. The summed E-state index contributed by atoms with van der Waals surface area (Å²) in [6.45, 7) is 2.11. The molecule has 1 aliphatic heterocycles. The number of rotatable bonds is 11. The number of hydrogen-bond donors (Lipinski definition) is 1. The van der Waals surface area contributed by atoms with Crippen molar-refractivity contribution in [1.29, 1.82) is 0 Å². The molecule has 22 heavy (non-hydrogen) atoms. The molecule has 1 amide bonds. The van der Waals surface area contributed by atoms with E-state index in [0.29, 0.717) is 19.4 Å². The maximum atomic E-state index is 11.4. The molecular formula is C16H25NO5. The fourth-order valence-electron chi connectivity index (χ4n) is 2.31. The zero-order valence-electron chi connectivity index (χ0n) is 13.0. The molecule has 1 heterocycles. The van der Waals surface area contributed by atoms with E-state index in [2.05, 4.69) is 0 Å². The average molecular weight is 311 g/mol. The van der Waals surface area contributed by atoms with Gasteiger partial charge in [0.05, 0.1) is 6.61 Å². The maximum absolute atomic E-state index is 11.4. The Kier molecular flexibility index (Phi) is 8.95. The number of carbonyl (C=O) groups excluding carboxylic acids is 2. The van der Waals surface area contributed by atoms with Gasteiger partial charge in [-0.2, -0.15) is 0 Å². The van der Waals surface area contributed by atoms with Crippen LogP contribution in [0, 0.1) is 0 Å². The molecule has 0 aromatic carbocycles. The van der Waals surface area contributed by atoms with Crippen LogP contribution in [0.3, 0.4) is 0 Å². The number of carboxylic acid groups (broad SMARTS) is 1. The van der Waals surface area contributed by atoms with Gasteiger partial charge in [-0.25, -0.2) is 4.79 Å². The smallest absolute Gasteiger partial charge is 0.330 e. The lowest BCUT2D eigenvalue weighted by atomic mass is 10.2. The summed E-state index contributed by atoms with van der Waals surface area (Å²) in [7, 11) is 0. The van der Waals surface area contributed by atoms with Crippen molar-refractivity contribution >= 4 is 17.8 Å². The van der Waals surface area contributed by atoms with Gasteiger partial charge in [0.25, 0.3) is 0 Å². The Labute approximate surface area is 131 Å². The first-order valence-electron chi connectivity index (χ1n) is 7.92. The molecule has 0 spiro atoms. The summed E-state index contributed by atoms with van der Waals surface area (Å²) >= 11 is 0. The molecule has 124 valence electrons. The molecule has 1 N–H and O–H groups in total. The molecule has 1 fully saturated rings. The van der Waals surface area contributed by atoms with Crippen LogP contribution in [0.25, 0.3) is 0 Å². The normalized spacial score (nSPS) is 14.7. The van der Waals surface area contributed by atoms with Gasteiger partial charge in [-0.05, 0) is 32.1 Å². The number of amides is 1. The Morgan fingerprint density at radius 1 is 1.23 bits per heavy atom. The summed E-state index contributed by atoms with van der Waals surface area (Å²) in [5.41, 5.74) is 0. The number of allylic oxidation sites excluding steroid dienone is 1. The number of aliphatic carboxylic acids is 1. The molecule has 0 radical (unpaired) electrons. The highest BCUT2D eigenvalue weighted by molar-refractivity contribution is 5.82. The average Bonchev–Trinajstić information content (AvgIpc) is 2.88. The van der Waals surface area contributed by atoms with Crippen LogP contribution in [0.4, 0.5) is 0 Å². The van der Waals surface area contributed by atoms with Gasteiger partial charge in [0, 0.05) is 32.0 Å². The second-order valence-electron chi connectivity index (χ2n) is 5.40. The molecule has 0 atom stereocenters. The van der Waals surface area contributed by atoms with Crippen molar-refractivity contribution in [2.24, 2.45) is 0 Å². The number of ether oxygens (including phenoxy) is 1. The van der Waals surface area contributed by atoms with Crippen LogP contribution >= 0.6 is 0 Å². The van der Waals surface area contributed by atoms with Crippen molar-refractivity contribution in [3.05, 3.63) is 12.2 Å². The van der Waals surface area contributed by atoms with Crippen molar-refractivity contribution in [2.75, 3.05) is 19.7 Å². The molecular weight excluding hydrogens is 286 g/mol. The molecule has 1 aliphatic rings. The molecule has 1 saturated heterocycles. The molecule has 0 unspecified atom stereocenters. The van der Waals surface area contributed by atoms with E-state index >= 15 is 0 Å². The van der Waals surface area contributed by atoms with Crippen LogP contribution in [0.5, 0.6) is 0 Å². The zero-order chi connectivity index (χ0) is 16.2. The Bertz CT molecular complexity index is 405. The minimum absolute atomic E-state index is 0.0172. The lowest BCUT2D eigenvalue weighted by molar-refractivity contribution is -0.138. The fraction of sp³-hybridized carbons (Fsp3) is 0.688. The van der Waals surface area contributed by atoms with Crippen molar-refractivity contribution in [2.45, 2.75) is 51.4 Å². The third kappa shape index (κ3) is 8.44. The predicted octanol–water partition coefficient (Wildman–Crippen LogP) is 2.13. The topological polar surface area (TPSA) is 83.9 Å². The molecule has 0 aliphatic carbocycles. The molecule has 0 aromatic rings. The van der Waals surface area contributed by atoms with Crippen LogP contribution in [0.15, 0.2) is 12.2 Å². The highest BCUT2D eigenvalue weighted by Gasteiger charge is 2.18. The monoisotopic (exact) mass is 311 g/mol. The minimum Gasteiger partial charge on any atom is -0.481 e. The van der Waals surface area contributed by atoms with E-state index in [4.69, 9.17) is 9.84 Å². The largest absolute Gasteiger partial charge is 0.481 e. The van der Waals surface area contributed by atoms with Gasteiger partial charge < -0.3 is 14.7 Å². The van der Waals surface area contributed by atoms with E-state index in [1.165, 1.54) is 12.2 Å². The molecule has 0 saturated carbocycles. The van der Waals surface area contributed by atoms with Gasteiger partial charge in [-0.3, -0.25) is 9.59 Å². The summed E-state index contributed by atoms with van der Waals surface area (Å²) in [6, 6.07) is 0. The van der Waals surface area contributed by atoms with Crippen LogP contribution in [0.1, 0.15) is 51.4 Å². The van der Waals surface area contributed by atoms with E-state index < -0.39 is 11.9 Å². The molecule has 6 heteroatoms. The van der Waals surface area contributed by atoms with Crippen molar-refractivity contribution in [3.63, 3.8) is 0 Å². The number of hydrogen-bond acceptors (Lipinski definition) is 4. The summed E-state index contributed by atoms with van der Waals surface area (Å²) < 4.78 is 5.01. The van der Waals surface area contributed by atoms with Crippen molar-refractivity contribution in [3.8, 4) is 0 Å². The van der Waals surface area contributed by atoms with Gasteiger partial charge >= 0.3 is 11.9 Å².